The van der Waals surface area contributed by atoms with Crippen molar-refractivity contribution in [2.24, 2.45) is 0 Å². The van der Waals surface area contributed by atoms with Crippen LogP contribution in [0.25, 0.3) is 0 Å². The molecule has 0 radical (unpaired) electrons. The zero-order chi connectivity index (χ0) is 13.9. The van der Waals surface area contributed by atoms with E-state index in [-0.39, 0.29) is 0 Å². The van der Waals surface area contributed by atoms with Gasteiger partial charge in [0.25, 0.3) is 0 Å². The molecule has 0 fully saturated rings. The van der Waals surface area contributed by atoms with Crippen molar-refractivity contribution in [1.82, 2.24) is 30.2 Å². The molecular formula is C14H22N6. The van der Waals surface area contributed by atoms with Crippen LogP contribution < -0.4 is 0 Å². The van der Waals surface area contributed by atoms with E-state index in [0.29, 0.717) is 0 Å². The summed E-state index contributed by atoms with van der Waals surface area (Å²) < 4.78 is 0. The van der Waals surface area contributed by atoms with Crippen LogP contribution in [0.15, 0.2) is 12.4 Å². The lowest BCUT2D eigenvalue weighted by Crippen LogP contribution is -2.25. The summed E-state index contributed by atoms with van der Waals surface area (Å²) in [6.07, 6.45) is 6.11. The average molecular weight is 274 g/mol. The Balaban J connectivity index is 0.000000121. The van der Waals surface area contributed by atoms with Crippen LogP contribution in [-0.2, 0) is 25.9 Å². The van der Waals surface area contributed by atoms with Gasteiger partial charge >= 0.3 is 0 Å². The summed E-state index contributed by atoms with van der Waals surface area (Å²) in [5.74, 6) is 0. The number of aromatic amines is 2. The summed E-state index contributed by atoms with van der Waals surface area (Å²) in [7, 11) is 4.26. The van der Waals surface area contributed by atoms with Gasteiger partial charge in [0, 0.05) is 43.9 Å². The number of likely N-dealkylation sites (N-methyl/N-ethyl adjacent to an activating group) is 2. The summed E-state index contributed by atoms with van der Waals surface area (Å²) in [5.41, 5.74) is 5.35. The van der Waals surface area contributed by atoms with Gasteiger partial charge in [-0.05, 0) is 26.1 Å². The number of nitrogens with zero attached hydrogens (tertiary/aromatic N) is 4. The summed E-state index contributed by atoms with van der Waals surface area (Å²) in [4.78, 5) is 4.60. The quantitative estimate of drug-likeness (QED) is 0.746. The van der Waals surface area contributed by atoms with Crippen LogP contribution in [0.1, 0.15) is 22.5 Å². The predicted molar refractivity (Wildman–Crippen MR) is 77.3 cm³/mol. The number of rotatable bonds is 0. The minimum Gasteiger partial charge on any atom is -0.302 e. The lowest BCUT2D eigenvalue weighted by atomic mass is 10.1. The highest BCUT2D eigenvalue weighted by Gasteiger charge is 2.14. The number of fused-ring (bicyclic) bond motifs is 2. The molecule has 4 rings (SSSR count). The molecule has 2 N–H and O–H groups in total. The van der Waals surface area contributed by atoms with Gasteiger partial charge in [-0.3, -0.25) is 10.2 Å². The number of hydrogen-bond acceptors (Lipinski definition) is 4. The molecule has 0 unspecified atom stereocenters. The first-order chi connectivity index (χ1) is 9.72. The molecule has 0 bridgehead atoms. The number of aromatic nitrogens is 4. The highest BCUT2D eigenvalue weighted by Crippen LogP contribution is 2.14. The Morgan fingerprint density at radius 1 is 0.850 bits per heavy atom. The predicted octanol–water partition coefficient (Wildman–Crippen LogP) is 0.795. The van der Waals surface area contributed by atoms with Crippen LogP contribution in [0.3, 0.4) is 0 Å². The van der Waals surface area contributed by atoms with Crippen LogP contribution in [-0.4, -0.2) is 57.4 Å². The lowest BCUT2D eigenvalue weighted by Gasteiger charge is -2.20. The molecule has 0 spiro atoms. The lowest BCUT2D eigenvalue weighted by molar-refractivity contribution is 0.309. The summed E-state index contributed by atoms with van der Waals surface area (Å²) >= 11 is 0. The third kappa shape index (κ3) is 2.91. The molecule has 108 valence electrons. The van der Waals surface area contributed by atoms with Crippen molar-refractivity contribution in [2.75, 3.05) is 27.2 Å². The van der Waals surface area contributed by atoms with Gasteiger partial charge in [0.2, 0.25) is 0 Å². The van der Waals surface area contributed by atoms with Gasteiger partial charge in [-0.2, -0.15) is 10.2 Å². The second-order valence-electron chi connectivity index (χ2n) is 5.72. The fourth-order valence-electron chi connectivity index (χ4n) is 2.71. The third-order valence-corrected chi connectivity index (χ3v) is 3.99. The summed E-state index contributed by atoms with van der Waals surface area (Å²) in [6, 6.07) is 0. The normalized spacial score (nSPS) is 18.9. The van der Waals surface area contributed by atoms with Gasteiger partial charge in [-0.1, -0.05) is 0 Å². The molecule has 2 aliphatic rings. The van der Waals surface area contributed by atoms with E-state index in [2.05, 4.69) is 44.3 Å². The Morgan fingerprint density at radius 3 is 2.35 bits per heavy atom. The van der Waals surface area contributed by atoms with Gasteiger partial charge in [0.05, 0.1) is 18.1 Å². The van der Waals surface area contributed by atoms with Gasteiger partial charge < -0.3 is 9.80 Å². The Labute approximate surface area is 119 Å². The first kappa shape index (κ1) is 13.3. The summed E-state index contributed by atoms with van der Waals surface area (Å²) in [6.45, 7) is 4.38. The van der Waals surface area contributed by atoms with Gasteiger partial charge in [0.15, 0.2) is 0 Å². The van der Waals surface area contributed by atoms with Crippen molar-refractivity contribution in [2.45, 2.75) is 25.9 Å². The van der Waals surface area contributed by atoms with Gasteiger partial charge in [-0.15, -0.1) is 0 Å². The molecule has 0 saturated heterocycles. The fraction of sp³-hybridized carbons (Fsp3) is 0.571. The van der Waals surface area contributed by atoms with E-state index in [0.717, 1.165) is 39.0 Å². The maximum absolute atomic E-state index is 3.99. The largest absolute Gasteiger partial charge is 0.302 e. The van der Waals surface area contributed by atoms with E-state index in [4.69, 9.17) is 0 Å². The molecule has 2 aromatic heterocycles. The second kappa shape index (κ2) is 5.76. The van der Waals surface area contributed by atoms with E-state index >= 15 is 0 Å². The van der Waals surface area contributed by atoms with E-state index < -0.39 is 0 Å². The van der Waals surface area contributed by atoms with Crippen molar-refractivity contribution in [3.8, 4) is 0 Å². The fourth-order valence-corrected chi connectivity index (χ4v) is 2.71. The minimum atomic E-state index is 1.02. The van der Waals surface area contributed by atoms with Crippen LogP contribution in [0.4, 0.5) is 0 Å². The van der Waals surface area contributed by atoms with Crippen molar-refractivity contribution < 1.29 is 0 Å². The highest BCUT2D eigenvalue weighted by atomic mass is 15.2. The Hall–Kier alpha value is -1.66. The summed E-state index contributed by atoms with van der Waals surface area (Å²) in [5, 5.41) is 14.0. The van der Waals surface area contributed by atoms with Crippen molar-refractivity contribution in [3.63, 3.8) is 0 Å². The zero-order valence-corrected chi connectivity index (χ0v) is 12.2. The standard InChI is InChI=1S/2C7H11N3/c1-10-3-2-7-6(5-10)4-8-9-7;1-10-3-2-6-4-8-9-7(6)5-10/h2*4H,2-3,5H2,1H3,(H,8,9). The first-order valence-corrected chi connectivity index (χ1v) is 7.11. The highest BCUT2D eigenvalue weighted by molar-refractivity contribution is 5.19. The molecule has 0 atom stereocenters. The molecule has 4 heterocycles. The van der Waals surface area contributed by atoms with Crippen LogP contribution in [0.5, 0.6) is 0 Å². The maximum atomic E-state index is 3.99. The van der Waals surface area contributed by atoms with Crippen LogP contribution in [0.2, 0.25) is 0 Å². The van der Waals surface area contributed by atoms with E-state index in [1.54, 1.807) is 0 Å². The zero-order valence-electron chi connectivity index (χ0n) is 12.2. The topological polar surface area (TPSA) is 63.8 Å². The molecule has 6 heteroatoms. The van der Waals surface area contributed by atoms with Crippen molar-refractivity contribution in [1.29, 1.82) is 0 Å². The Morgan fingerprint density at radius 2 is 1.50 bits per heavy atom. The molecule has 20 heavy (non-hydrogen) atoms. The molecule has 0 aliphatic carbocycles. The molecule has 0 aromatic carbocycles. The molecule has 2 aromatic rings. The molecular weight excluding hydrogens is 252 g/mol. The number of nitrogens with one attached hydrogen (secondary N) is 2. The average Bonchev–Trinajstić information content (AvgIpc) is 3.06. The Bertz CT molecular complexity index is 507. The monoisotopic (exact) mass is 274 g/mol. The molecule has 0 saturated carbocycles. The van der Waals surface area contributed by atoms with Gasteiger partial charge in [-0.25, -0.2) is 0 Å². The number of H-pyrrole nitrogens is 2. The van der Waals surface area contributed by atoms with Crippen LogP contribution in [0, 0.1) is 0 Å². The molecule has 6 nitrogen and oxygen atoms in total. The smallest absolute Gasteiger partial charge is 0.0535 e. The van der Waals surface area contributed by atoms with E-state index in [1.165, 1.54) is 22.5 Å². The van der Waals surface area contributed by atoms with E-state index in [9.17, 15) is 0 Å². The minimum absolute atomic E-state index is 1.02. The maximum Gasteiger partial charge on any atom is 0.0535 e. The second-order valence-corrected chi connectivity index (χ2v) is 5.72. The first-order valence-electron chi connectivity index (χ1n) is 7.11. The van der Waals surface area contributed by atoms with Gasteiger partial charge in [0.1, 0.15) is 0 Å². The SMILES string of the molecule is CN1CCc2[nH]ncc2C1.CN1CCc2cn[nH]c2C1. The van der Waals surface area contributed by atoms with E-state index in [1.807, 2.05) is 12.4 Å². The van der Waals surface area contributed by atoms with Crippen LogP contribution >= 0.6 is 0 Å². The Kier molecular flexibility index (Phi) is 3.84. The number of hydrogen-bond donors (Lipinski definition) is 2. The van der Waals surface area contributed by atoms with Crippen molar-refractivity contribution in [3.05, 3.63) is 34.9 Å². The van der Waals surface area contributed by atoms with Crippen molar-refractivity contribution >= 4 is 0 Å². The third-order valence-electron chi connectivity index (χ3n) is 3.99. The molecule has 0 amide bonds. The molecule has 2 aliphatic heterocycles.